The lowest BCUT2D eigenvalue weighted by Gasteiger charge is -2.47. The van der Waals surface area contributed by atoms with Gasteiger partial charge in [-0.15, -0.1) is 0 Å². The Morgan fingerprint density at radius 1 is 0.806 bits per heavy atom. The molecule has 0 aromatic heterocycles. The fourth-order valence-electron chi connectivity index (χ4n) is 3.71. The van der Waals surface area contributed by atoms with Gasteiger partial charge in [0.1, 0.15) is 16.5 Å². The third-order valence-corrected chi connectivity index (χ3v) is 7.95. The highest BCUT2D eigenvalue weighted by Crippen LogP contribution is 2.62. The van der Waals surface area contributed by atoms with E-state index in [4.69, 9.17) is 4.74 Å². The first-order valence-corrected chi connectivity index (χ1v) is 11.0. The normalized spacial score (nSPS) is 18.1. The summed E-state index contributed by atoms with van der Waals surface area (Å²) in [5, 5.41) is 22.3. The van der Waals surface area contributed by atoms with Gasteiger partial charge in [-0.05, 0) is 36.4 Å². The Kier molecular flexibility index (Phi) is 4.75. The molecule has 0 saturated heterocycles. The fraction of sp³-hybridized carbons (Fsp3) is 0.143. The quantitative estimate of drug-likeness (QED) is 0.335. The summed E-state index contributed by atoms with van der Waals surface area (Å²) in [5.41, 5.74) is 2.78. The van der Waals surface area contributed by atoms with Gasteiger partial charge in [0.25, 0.3) is 11.4 Å². The molecule has 5 rings (SSSR count). The minimum absolute atomic E-state index is 0.0519. The maximum atomic E-state index is 11.3. The number of nitro groups is 2. The molecule has 0 radical (unpaired) electrons. The lowest BCUT2D eigenvalue weighted by atomic mass is 10.1. The average molecular weight is 454 g/mol. The van der Waals surface area contributed by atoms with Crippen molar-refractivity contribution in [3.05, 3.63) is 92.0 Å². The Bertz CT molecular complexity index is 1150. The highest BCUT2D eigenvalue weighted by Gasteiger charge is 2.43. The molecule has 156 valence electrons. The zero-order valence-electron chi connectivity index (χ0n) is 16.1. The smallest absolute Gasteiger partial charge is 0.269 e. The van der Waals surface area contributed by atoms with Gasteiger partial charge in [0.05, 0.1) is 17.0 Å². The predicted molar refractivity (Wildman–Crippen MR) is 119 cm³/mol. The summed E-state index contributed by atoms with van der Waals surface area (Å²) in [5.74, 6) is 0.721. The molecule has 2 aliphatic heterocycles. The molecule has 0 amide bonds. The summed E-state index contributed by atoms with van der Waals surface area (Å²) in [7, 11) is 1.60. The Labute approximate surface area is 185 Å². The average Bonchev–Trinajstić information content (AvgIpc) is 2.74. The minimum Gasteiger partial charge on any atom is -0.497 e. The number of fused-ring (bicyclic) bond motifs is 2. The third-order valence-electron chi connectivity index (χ3n) is 5.29. The second kappa shape index (κ2) is 7.47. The Morgan fingerprint density at radius 2 is 1.29 bits per heavy atom. The number of nitro benzene ring substituents is 2. The monoisotopic (exact) mass is 453 g/mol. The van der Waals surface area contributed by atoms with Gasteiger partial charge in [-0.3, -0.25) is 20.2 Å². The number of thioether (sulfide) groups is 2. The number of anilines is 1. The lowest BCUT2D eigenvalue weighted by Crippen LogP contribution is -2.36. The van der Waals surface area contributed by atoms with E-state index in [9.17, 15) is 20.2 Å². The Balaban J connectivity index is 1.57. The zero-order chi connectivity index (χ0) is 21.7. The third kappa shape index (κ3) is 3.28. The molecule has 0 aliphatic carbocycles. The summed E-state index contributed by atoms with van der Waals surface area (Å²) in [6, 6.07) is 17.4. The lowest BCUT2D eigenvalue weighted by molar-refractivity contribution is -0.385. The van der Waals surface area contributed by atoms with Gasteiger partial charge in [0.15, 0.2) is 0 Å². The van der Waals surface area contributed by atoms with Crippen molar-refractivity contribution in [2.24, 2.45) is 0 Å². The molecule has 10 heteroatoms. The van der Waals surface area contributed by atoms with E-state index in [2.05, 4.69) is 4.90 Å². The van der Waals surface area contributed by atoms with Gasteiger partial charge in [-0.2, -0.15) is 0 Å². The molecule has 0 fully saturated rings. The maximum absolute atomic E-state index is 11.3. The van der Waals surface area contributed by atoms with E-state index in [1.165, 1.54) is 12.1 Å². The van der Waals surface area contributed by atoms with Crippen LogP contribution in [0.1, 0.15) is 21.9 Å². The van der Waals surface area contributed by atoms with Crippen molar-refractivity contribution in [1.82, 2.24) is 0 Å². The number of methoxy groups -OCH3 is 1. The number of hydrogen-bond donors (Lipinski definition) is 0. The Morgan fingerprint density at radius 3 is 1.71 bits per heavy atom. The van der Waals surface area contributed by atoms with E-state index in [1.807, 2.05) is 24.3 Å². The van der Waals surface area contributed by atoms with Gasteiger partial charge in [-0.1, -0.05) is 23.5 Å². The van der Waals surface area contributed by atoms with E-state index < -0.39 is 9.85 Å². The number of hydrogen-bond acceptors (Lipinski definition) is 8. The van der Waals surface area contributed by atoms with Crippen LogP contribution in [0.2, 0.25) is 0 Å². The van der Waals surface area contributed by atoms with Crippen LogP contribution in [0.15, 0.2) is 70.5 Å². The van der Waals surface area contributed by atoms with Crippen molar-refractivity contribution in [2.45, 2.75) is 20.5 Å². The zero-order valence-corrected chi connectivity index (χ0v) is 17.8. The number of non-ortho nitro benzene ring substituents is 2. The van der Waals surface area contributed by atoms with Gasteiger partial charge in [-0.25, -0.2) is 0 Å². The largest absolute Gasteiger partial charge is 0.497 e. The summed E-state index contributed by atoms with van der Waals surface area (Å²) >= 11 is 3.24. The SMILES string of the molecule is COc1ccc(N(C2Sc3ccc([N+](=O)[O-])cc32)C2Sc3ccc([N+](=O)[O-])cc32)cc1. The molecule has 2 aliphatic rings. The molecule has 31 heavy (non-hydrogen) atoms. The van der Waals surface area contributed by atoms with Crippen molar-refractivity contribution in [3.8, 4) is 5.75 Å². The highest BCUT2D eigenvalue weighted by molar-refractivity contribution is 8.02. The van der Waals surface area contributed by atoms with Crippen molar-refractivity contribution in [2.75, 3.05) is 12.0 Å². The number of nitrogens with zero attached hydrogens (tertiary/aromatic N) is 3. The molecule has 3 aromatic carbocycles. The summed E-state index contributed by atoms with van der Waals surface area (Å²) in [4.78, 5) is 25.9. The van der Waals surface area contributed by atoms with Crippen molar-refractivity contribution < 1.29 is 14.6 Å². The van der Waals surface area contributed by atoms with Gasteiger partial charge < -0.3 is 9.64 Å². The highest BCUT2D eigenvalue weighted by atomic mass is 32.2. The molecule has 0 saturated carbocycles. The molecule has 2 heterocycles. The van der Waals surface area contributed by atoms with Crippen LogP contribution in [0.4, 0.5) is 17.1 Å². The second-order valence-electron chi connectivity index (χ2n) is 7.00. The van der Waals surface area contributed by atoms with Crippen LogP contribution >= 0.6 is 23.5 Å². The van der Waals surface area contributed by atoms with Crippen LogP contribution in [-0.2, 0) is 0 Å². The topological polar surface area (TPSA) is 98.8 Å². The number of benzene rings is 3. The standard InChI is InChI=1S/C21H15N3O5S2/c1-29-15-6-2-12(3-7-15)22(20-16-10-13(23(25)26)4-8-18(16)30-20)21-17-11-14(24(27)28)5-9-19(17)31-21/h2-11,20-21H,1H3. The van der Waals surface area contributed by atoms with E-state index >= 15 is 0 Å². The van der Waals surface area contributed by atoms with Crippen LogP contribution in [0.3, 0.4) is 0 Å². The first kappa shape index (κ1) is 19.7. The van der Waals surface area contributed by atoms with Gasteiger partial charge >= 0.3 is 0 Å². The van der Waals surface area contributed by atoms with Crippen LogP contribution in [0.5, 0.6) is 5.75 Å². The predicted octanol–water partition coefficient (Wildman–Crippen LogP) is 5.93. The van der Waals surface area contributed by atoms with Crippen LogP contribution < -0.4 is 9.64 Å². The molecule has 3 aromatic rings. The molecule has 2 atom stereocenters. The van der Waals surface area contributed by atoms with E-state index in [0.29, 0.717) is 0 Å². The molecular formula is C21H15N3O5S2. The number of ether oxygens (including phenoxy) is 1. The molecule has 8 nitrogen and oxygen atoms in total. The summed E-state index contributed by atoms with van der Waals surface area (Å²) in [6.07, 6.45) is 0. The fourth-order valence-corrected chi connectivity index (χ4v) is 6.16. The van der Waals surface area contributed by atoms with E-state index in [-0.39, 0.29) is 22.1 Å². The number of rotatable bonds is 6. The van der Waals surface area contributed by atoms with E-state index in [0.717, 1.165) is 32.4 Å². The van der Waals surface area contributed by atoms with Crippen molar-refractivity contribution >= 4 is 40.6 Å². The van der Waals surface area contributed by atoms with Gasteiger partial charge in [0, 0.05) is 50.9 Å². The molecule has 2 unspecified atom stereocenters. The molecule has 0 bridgehead atoms. The molecular weight excluding hydrogens is 438 g/mol. The molecule has 0 spiro atoms. The Hall–Kier alpha value is -3.24. The molecule has 0 N–H and O–H groups in total. The first-order valence-electron chi connectivity index (χ1n) is 9.28. The van der Waals surface area contributed by atoms with Crippen LogP contribution in [0.25, 0.3) is 0 Å². The summed E-state index contributed by atoms with van der Waals surface area (Å²) < 4.78 is 5.27. The van der Waals surface area contributed by atoms with E-state index in [1.54, 1.807) is 54.9 Å². The van der Waals surface area contributed by atoms with Crippen LogP contribution in [0, 0.1) is 20.2 Å². The maximum Gasteiger partial charge on any atom is 0.269 e. The van der Waals surface area contributed by atoms with Crippen LogP contribution in [-0.4, -0.2) is 17.0 Å². The minimum atomic E-state index is -0.394. The summed E-state index contributed by atoms with van der Waals surface area (Å²) in [6.45, 7) is 0. The van der Waals surface area contributed by atoms with Gasteiger partial charge in [0.2, 0.25) is 0 Å². The van der Waals surface area contributed by atoms with Crippen molar-refractivity contribution in [3.63, 3.8) is 0 Å². The first-order chi connectivity index (χ1) is 15.0. The van der Waals surface area contributed by atoms with Crippen molar-refractivity contribution in [1.29, 1.82) is 0 Å². The second-order valence-corrected chi connectivity index (χ2v) is 9.25.